The summed E-state index contributed by atoms with van der Waals surface area (Å²) < 4.78 is 0. The summed E-state index contributed by atoms with van der Waals surface area (Å²) >= 11 is 6.20. The smallest absolute Gasteiger partial charge is 0.336 e. The topological polar surface area (TPSA) is 90.7 Å². The average Bonchev–Trinajstić information content (AvgIpc) is 3.43. The summed E-state index contributed by atoms with van der Waals surface area (Å²) in [6.45, 7) is 3.37. The van der Waals surface area contributed by atoms with Gasteiger partial charge in [0.2, 0.25) is 0 Å². The number of aromatic carboxylic acids is 1. The molecule has 2 N–H and O–H groups in total. The monoisotopic (exact) mass is 500 g/mol. The van der Waals surface area contributed by atoms with E-state index >= 15 is 0 Å². The molecule has 1 aliphatic heterocycles. The Balaban J connectivity index is 0.000000170. The maximum atomic E-state index is 11.4. The minimum absolute atomic E-state index is 0.282. The fraction of sp³-hybridized carbons (Fsp3) is 0.138. The van der Waals surface area contributed by atoms with Crippen molar-refractivity contribution in [3.63, 3.8) is 0 Å². The van der Waals surface area contributed by atoms with Crippen LogP contribution in [0, 0.1) is 0 Å². The Morgan fingerprint density at radius 3 is 2.22 bits per heavy atom. The van der Waals surface area contributed by atoms with Gasteiger partial charge in [0.1, 0.15) is 0 Å². The van der Waals surface area contributed by atoms with Crippen LogP contribution in [0.25, 0.3) is 22.2 Å². The number of benzene rings is 3. The number of anilines is 1. The van der Waals surface area contributed by atoms with E-state index in [1.54, 1.807) is 25.1 Å². The van der Waals surface area contributed by atoms with Crippen molar-refractivity contribution in [3.05, 3.63) is 107 Å². The second-order valence-electron chi connectivity index (χ2n) is 8.39. The lowest BCUT2D eigenvalue weighted by Crippen LogP contribution is -2.19. The van der Waals surface area contributed by atoms with Crippen LogP contribution in [0.15, 0.2) is 91.0 Å². The standard InChI is InChI=1S/C16H11NO2.C13H14ClNO2/c18-16(19)13-10-15(11-6-2-1-3-7-11)17-14-9-5-4-8-12(13)14;1-9(13(16)17)10-4-5-12(11(14)8-10)15-6-2-3-7-15/h1-10H,(H,18,19);2-5,8-9H,6-7H2,1H3,(H,16,17). The van der Waals surface area contributed by atoms with Crippen LogP contribution in [-0.2, 0) is 4.79 Å². The number of hydrogen-bond donors (Lipinski definition) is 2. The molecular weight excluding hydrogens is 476 g/mol. The maximum Gasteiger partial charge on any atom is 0.336 e. The van der Waals surface area contributed by atoms with E-state index in [0.29, 0.717) is 21.6 Å². The number of fused-ring (bicyclic) bond motifs is 1. The van der Waals surface area contributed by atoms with Gasteiger partial charge in [-0.2, -0.15) is 0 Å². The largest absolute Gasteiger partial charge is 0.481 e. The highest BCUT2D eigenvalue weighted by atomic mass is 35.5. The fourth-order valence-corrected chi connectivity index (χ4v) is 4.28. The van der Waals surface area contributed by atoms with Crippen molar-refractivity contribution in [2.24, 2.45) is 0 Å². The van der Waals surface area contributed by atoms with Crippen LogP contribution in [-0.4, -0.2) is 40.2 Å². The van der Waals surface area contributed by atoms with Crippen molar-refractivity contribution in [3.8, 4) is 11.3 Å². The molecule has 1 aromatic heterocycles. The normalized spacial score (nSPS) is 13.2. The summed E-state index contributed by atoms with van der Waals surface area (Å²) in [7, 11) is 0. The molecule has 0 aliphatic carbocycles. The Hall–Kier alpha value is -4.16. The molecule has 2 heterocycles. The zero-order valence-corrected chi connectivity index (χ0v) is 20.4. The van der Waals surface area contributed by atoms with Crippen molar-refractivity contribution in [1.82, 2.24) is 4.98 Å². The lowest BCUT2D eigenvalue weighted by Gasteiger charge is -2.20. The lowest BCUT2D eigenvalue weighted by molar-refractivity contribution is -0.138. The van der Waals surface area contributed by atoms with Gasteiger partial charge in [-0.25, -0.2) is 9.78 Å². The number of carbonyl (C=O) groups is 2. The molecule has 7 heteroatoms. The summed E-state index contributed by atoms with van der Waals surface area (Å²) in [5, 5.41) is 19.5. The maximum absolute atomic E-state index is 11.4. The highest BCUT2D eigenvalue weighted by Crippen LogP contribution is 2.30. The summed E-state index contributed by atoms with van der Waals surface area (Å²) in [6, 6.07) is 24.0. The quantitative estimate of drug-likeness (QED) is 0.304. The highest BCUT2D eigenvalue weighted by Gasteiger charge is 2.17. The third-order valence-corrected chi connectivity index (χ3v) is 6.32. The van der Waals surface area contributed by atoms with E-state index in [-0.39, 0.29) is 5.56 Å². The second-order valence-corrected chi connectivity index (χ2v) is 8.80. The first kappa shape index (κ1) is 24.9. The van der Waals surface area contributed by atoms with E-state index in [1.165, 1.54) is 0 Å². The van der Waals surface area contributed by atoms with Crippen LogP contribution >= 0.6 is 11.6 Å². The molecule has 4 aromatic rings. The minimum atomic E-state index is -0.934. The molecule has 0 fully saturated rings. The first-order valence-electron chi connectivity index (χ1n) is 11.5. The third-order valence-electron chi connectivity index (χ3n) is 6.02. The van der Waals surface area contributed by atoms with Crippen LogP contribution in [0.3, 0.4) is 0 Å². The molecule has 0 saturated carbocycles. The van der Waals surface area contributed by atoms with Crippen molar-refractivity contribution in [2.75, 3.05) is 18.0 Å². The van der Waals surface area contributed by atoms with Crippen molar-refractivity contribution >= 4 is 40.1 Å². The van der Waals surface area contributed by atoms with Gasteiger partial charge in [0, 0.05) is 24.0 Å². The number of carboxylic acid groups (broad SMARTS) is 2. The first-order chi connectivity index (χ1) is 17.3. The van der Waals surface area contributed by atoms with Crippen LogP contribution < -0.4 is 4.90 Å². The number of pyridine rings is 1. The number of halogens is 1. The number of hydrogen-bond acceptors (Lipinski definition) is 4. The Morgan fingerprint density at radius 1 is 0.917 bits per heavy atom. The predicted molar refractivity (Wildman–Crippen MR) is 143 cm³/mol. The summed E-state index contributed by atoms with van der Waals surface area (Å²) in [5.74, 6) is -2.30. The summed E-state index contributed by atoms with van der Waals surface area (Å²) in [5.41, 5.74) is 4.26. The SMILES string of the molecule is CC(C(=O)O)c1ccc(N2CC=CC2)c(Cl)c1.O=C(O)c1cc(-c2ccccc2)nc2ccccc12. The van der Waals surface area contributed by atoms with Gasteiger partial charge >= 0.3 is 11.9 Å². The predicted octanol–water partition coefficient (Wildman–Crippen LogP) is 6.50. The molecule has 0 bridgehead atoms. The molecular formula is C29H25ClN2O4. The van der Waals surface area contributed by atoms with Crippen LogP contribution in [0.1, 0.15) is 28.8 Å². The molecule has 36 heavy (non-hydrogen) atoms. The Labute approximate surface area is 214 Å². The van der Waals surface area contributed by atoms with Crippen LogP contribution in [0.2, 0.25) is 5.02 Å². The number of aromatic nitrogens is 1. The van der Waals surface area contributed by atoms with Gasteiger partial charge in [0.15, 0.2) is 0 Å². The van der Waals surface area contributed by atoms with Crippen molar-refractivity contribution < 1.29 is 19.8 Å². The second kappa shape index (κ2) is 11.1. The minimum Gasteiger partial charge on any atom is -0.481 e. The van der Waals surface area contributed by atoms with Gasteiger partial charge in [0.25, 0.3) is 0 Å². The molecule has 1 unspecified atom stereocenters. The summed E-state index contributed by atoms with van der Waals surface area (Å²) in [6.07, 6.45) is 4.17. The van der Waals surface area contributed by atoms with Gasteiger partial charge in [0.05, 0.1) is 33.4 Å². The number of nitrogens with zero attached hydrogens (tertiary/aromatic N) is 2. The van der Waals surface area contributed by atoms with E-state index < -0.39 is 17.9 Å². The number of para-hydroxylation sites is 1. The molecule has 0 amide bonds. The van der Waals surface area contributed by atoms with Gasteiger partial charge in [-0.15, -0.1) is 0 Å². The number of aliphatic carboxylic acids is 1. The van der Waals surface area contributed by atoms with Gasteiger partial charge in [-0.1, -0.05) is 78.4 Å². The van der Waals surface area contributed by atoms with Crippen molar-refractivity contribution in [1.29, 1.82) is 0 Å². The number of carboxylic acids is 2. The zero-order chi connectivity index (χ0) is 25.7. The van der Waals surface area contributed by atoms with E-state index in [0.717, 1.165) is 29.9 Å². The molecule has 0 saturated heterocycles. The molecule has 6 nitrogen and oxygen atoms in total. The lowest BCUT2D eigenvalue weighted by atomic mass is 10.0. The van der Waals surface area contributed by atoms with E-state index in [1.807, 2.05) is 60.7 Å². The molecule has 1 atom stereocenters. The highest BCUT2D eigenvalue weighted by molar-refractivity contribution is 6.33. The van der Waals surface area contributed by atoms with E-state index in [4.69, 9.17) is 16.7 Å². The first-order valence-corrected chi connectivity index (χ1v) is 11.8. The van der Waals surface area contributed by atoms with E-state index in [9.17, 15) is 14.7 Å². The molecule has 1 aliphatic rings. The molecule has 0 radical (unpaired) electrons. The van der Waals surface area contributed by atoms with Crippen LogP contribution in [0.4, 0.5) is 5.69 Å². The van der Waals surface area contributed by atoms with E-state index in [2.05, 4.69) is 22.0 Å². The average molecular weight is 501 g/mol. The molecule has 0 spiro atoms. The van der Waals surface area contributed by atoms with Crippen molar-refractivity contribution in [2.45, 2.75) is 12.8 Å². The van der Waals surface area contributed by atoms with Gasteiger partial charge in [-0.3, -0.25) is 4.79 Å². The van der Waals surface area contributed by atoms with Gasteiger partial charge in [-0.05, 0) is 36.8 Å². The Morgan fingerprint density at radius 2 is 1.58 bits per heavy atom. The molecule has 5 rings (SSSR count). The number of rotatable bonds is 5. The van der Waals surface area contributed by atoms with Gasteiger partial charge < -0.3 is 15.1 Å². The molecule has 182 valence electrons. The van der Waals surface area contributed by atoms with Crippen LogP contribution in [0.5, 0.6) is 0 Å². The summed E-state index contributed by atoms with van der Waals surface area (Å²) in [4.78, 5) is 28.9. The molecule has 3 aromatic carbocycles. The zero-order valence-electron chi connectivity index (χ0n) is 19.6. The Kier molecular flexibility index (Phi) is 7.66. The third kappa shape index (κ3) is 5.56. The Bertz CT molecular complexity index is 1430. The fourth-order valence-electron chi connectivity index (χ4n) is 3.98.